The van der Waals surface area contributed by atoms with Gasteiger partial charge in [0.25, 0.3) is 0 Å². The van der Waals surface area contributed by atoms with Crippen LogP contribution in [0.4, 0.5) is 5.69 Å². The van der Waals surface area contributed by atoms with Crippen LogP contribution in [0, 0.1) is 0 Å². The predicted molar refractivity (Wildman–Crippen MR) is 70.6 cm³/mol. The van der Waals surface area contributed by atoms with E-state index in [-0.39, 0.29) is 0 Å². The molecule has 0 aliphatic carbocycles. The zero-order chi connectivity index (χ0) is 10.7. The Bertz CT molecular complexity index is 424. The van der Waals surface area contributed by atoms with Gasteiger partial charge in [0, 0.05) is 22.1 Å². The minimum absolute atomic E-state index is 0.947. The first kappa shape index (κ1) is 10.7. The van der Waals surface area contributed by atoms with Crippen molar-refractivity contribution in [2.45, 2.75) is 6.54 Å². The number of para-hydroxylation sites is 1. The summed E-state index contributed by atoms with van der Waals surface area (Å²) in [5.41, 5.74) is 1.25. The maximum Gasteiger partial charge on any atom is 0.0530 e. The highest BCUT2D eigenvalue weighted by atomic mass is 79.9. The lowest BCUT2D eigenvalue weighted by molar-refractivity contribution is 0.937. The minimum Gasteiger partial charge on any atom is -0.369 e. The molecule has 0 fully saturated rings. The highest BCUT2D eigenvalue weighted by Crippen LogP contribution is 2.25. The summed E-state index contributed by atoms with van der Waals surface area (Å²) in [5, 5.41) is 2.11. The van der Waals surface area contributed by atoms with Gasteiger partial charge in [-0.2, -0.15) is 0 Å². The van der Waals surface area contributed by atoms with Crippen molar-refractivity contribution in [2.24, 2.45) is 0 Å². The second-order valence-corrected chi connectivity index (χ2v) is 5.24. The van der Waals surface area contributed by atoms with Crippen molar-refractivity contribution in [1.29, 1.82) is 0 Å². The van der Waals surface area contributed by atoms with E-state index in [1.54, 1.807) is 11.3 Å². The van der Waals surface area contributed by atoms with Crippen molar-refractivity contribution in [3.63, 3.8) is 0 Å². The molecule has 2 rings (SSSR count). The van der Waals surface area contributed by atoms with Crippen molar-refractivity contribution in [1.82, 2.24) is 0 Å². The van der Waals surface area contributed by atoms with Gasteiger partial charge in [-0.15, -0.1) is 11.3 Å². The number of thiophene rings is 1. The molecule has 0 aliphatic heterocycles. The van der Waals surface area contributed by atoms with Crippen LogP contribution in [-0.4, -0.2) is 7.05 Å². The first-order valence-electron chi connectivity index (χ1n) is 4.75. The predicted octanol–water partition coefficient (Wildman–Crippen LogP) is 4.15. The number of anilines is 1. The van der Waals surface area contributed by atoms with Crippen LogP contribution in [0.15, 0.2) is 46.3 Å². The summed E-state index contributed by atoms with van der Waals surface area (Å²) in [6, 6.07) is 12.5. The van der Waals surface area contributed by atoms with Gasteiger partial charge in [0.1, 0.15) is 0 Å². The van der Waals surface area contributed by atoms with Crippen LogP contribution in [0.1, 0.15) is 4.88 Å². The Morgan fingerprint density at radius 2 is 1.93 bits per heavy atom. The Morgan fingerprint density at radius 3 is 2.53 bits per heavy atom. The van der Waals surface area contributed by atoms with Crippen molar-refractivity contribution in [3.8, 4) is 0 Å². The Balaban J connectivity index is 2.11. The third-order valence-corrected chi connectivity index (χ3v) is 4.18. The Kier molecular flexibility index (Phi) is 3.44. The molecule has 1 heterocycles. The van der Waals surface area contributed by atoms with E-state index in [9.17, 15) is 0 Å². The molecule has 0 aliphatic rings. The normalized spacial score (nSPS) is 10.3. The first-order valence-corrected chi connectivity index (χ1v) is 6.42. The second-order valence-electron chi connectivity index (χ2n) is 3.38. The third-order valence-electron chi connectivity index (χ3n) is 2.27. The fourth-order valence-electron chi connectivity index (χ4n) is 1.43. The Hall–Kier alpha value is -0.800. The number of hydrogen-bond acceptors (Lipinski definition) is 2. The highest BCUT2D eigenvalue weighted by molar-refractivity contribution is 9.10. The molecule has 2 aromatic rings. The molecule has 0 atom stereocenters. The van der Waals surface area contributed by atoms with E-state index in [1.807, 2.05) is 6.07 Å². The highest BCUT2D eigenvalue weighted by Gasteiger charge is 2.05. The van der Waals surface area contributed by atoms with Gasteiger partial charge < -0.3 is 4.90 Å². The van der Waals surface area contributed by atoms with E-state index >= 15 is 0 Å². The van der Waals surface area contributed by atoms with Gasteiger partial charge >= 0.3 is 0 Å². The van der Waals surface area contributed by atoms with E-state index in [1.165, 1.54) is 15.0 Å². The molecule has 0 radical (unpaired) electrons. The fourth-order valence-corrected chi connectivity index (χ4v) is 2.96. The number of rotatable bonds is 3. The van der Waals surface area contributed by atoms with Crippen LogP contribution in [0.25, 0.3) is 0 Å². The Morgan fingerprint density at radius 1 is 1.20 bits per heavy atom. The number of nitrogens with zero attached hydrogens (tertiary/aromatic N) is 1. The summed E-state index contributed by atoms with van der Waals surface area (Å²) in [6.45, 7) is 0.947. The van der Waals surface area contributed by atoms with E-state index in [4.69, 9.17) is 0 Å². The molecule has 0 N–H and O–H groups in total. The van der Waals surface area contributed by atoms with E-state index in [0.29, 0.717) is 0 Å². The summed E-state index contributed by atoms with van der Waals surface area (Å²) < 4.78 is 1.20. The maximum absolute atomic E-state index is 3.55. The standard InChI is InChI=1S/C12H12BrNS/c1-14(10-5-3-2-4-6-10)9-12-11(13)7-8-15-12/h2-8H,9H2,1H3. The molecule has 78 valence electrons. The van der Waals surface area contributed by atoms with E-state index in [0.717, 1.165) is 6.54 Å². The molecule has 1 aromatic heterocycles. The van der Waals surface area contributed by atoms with Gasteiger partial charge in [-0.1, -0.05) is 18.2 Å². The van der Waals surface area contributed by atoms with Crippen molar-refractivity contribution < 1.29 is 0 Å². The van der Waals surface area contributed by atoms with Crippen molar-refractivity contribution >= 4 is 33.0 Å². The molecule has 1 nitrogen and oxygen atoms in total. The molecule has 3 heteroatoms. The summed E-state index contributed by atoms with van der Waals surface area (Å²) in [7, 11) is 2.11. The molecular formula is C12H12BrNS. The molecule has 0 unspecified atom stereocenters. The van der Waals surface area contributed by atoms with Crippen LogP contribution in [0.2, 0.25) is 0 Å². The largest absolute Gasteiger partial charge is 0.369 e. The van der Waals surface area contributed by atoms with Crippen LogP contribution >= 0.6 is 27.3 Å². The molecule has 0 bridgehead atoms. The van der Waals surface area contributed by atoms with Crippen LogP contribution in [0.5, 0.6) is 0 Å². The number of hydrogen-bond donors (Lipinski definition) is 0. The minimum atomic E-state index is 0.947. The van der Waals surface area contributed by atoms with Crippen molar-refractivity contribution in [3.05, 3.63) is 51.1 Å². The molecule has 0 spiro atoms. The van der Waals surface area contributed by atoms with Gasteiger partial charge in [0.05, 0.1) is 6.54 Å². The SMILES string of the molecule is CN(Cc1sccc1Br)c1ccccc1. The average molecular weight is 282 g/mol. The quantitative estimate of drug-likeness (QED) is 0.817. The van der Waals surface area contributed by atoms with Crippen LogP contribution in [-0.2, 0) is 6.54 Å². The van der Waals surface area contributed by atoms with Crippen LogP contribution in [0.3, 0.4) is 0 Å². The average Bonchev–Trinajstić information content (AvgIpc) is 2.66. The van der Waals surface area contributed by atoms with Crippen LogP contribution < -0.4 is 4.90 Å². The monoisotopic (exact) mass is 281 g/mol. The number of halogens is 1. The van der Waals surface area contributed by atoms with Gasteiger partial charge in [0.15, 0.2) is 0 Å². The second kappa shape index (κ2) is 4.81. The topological polar surface area (TPSA) is 3.24 Å². The molecule has 15 heavy (non-hydrogen) atoms. The zero-order valence-corrected chi connectivity index (χ0v) is 10.9. The molecule has 0 amide bonds. The molecule has 1 aromatic carbocycles. The smallest absolute Gasteiger partial charge is 0.0530 e. The summed E-state index contributed by atoms with van der Waals surface area (Å²) in [4.78, 5) is 3.61. The maximum atomic E-state index is 3.55. The molecular weight excluding hydrogens is 270 g/mol. The third kappa shape index (κ3) is 2.61. The molecule has 0 saturated carbocycles. The van der Waals surface area contributed by atoms with E-state index in [2.05, 4.69) is 63.6 Å². The fraction of sp³-hybridized carbons (Fsp3) is 0.167. The summed E-state index contributed by atoms with van der Waals surface area (Å²) >= 11 is 5.34. The number of benzene rings is 1. The summed E-state index contributed by atoms with van der Waals surface area (Å²) in [6.07, 6.45) is 0. The van der Waals surface area contributed by atoms with E-state index < -0.39 is 0 Å². The van der Waals surface area contributed by atoms with Gasteiger partial charge in [-0.3, -0.25) is 0 Å². The lowest BCUT2D eigenvalue weighted by Gasteiger charge is -2.18. The van der Waals surface area contributed by atoms with Gasteiger partial charge in [-0.25, -0.2) is 0 Å². The van der Waals surface area contributed by atoms with Gasteiger partial charge in [0.2, 0.25) is 0 Å². The lowest BCUT2D eigenvalue weighted by Crippen LogP contribution is -2.15. The van der Waals surface area contributed by atoms with Crippen molar-refractivity contribution in [2.75, 3.05) is 11.9 Å². The molecule has 0 saturated heterocycles. The Labute approximate surface area is 102 Å². The zero-order valence-electron chi connectivity index (χ0n) is 8.48. The lowest BCUT2D eigenvalue weighted by atomic mass is 10.3. The van der Waals surface area contributed by atoms with Gasteiger partial charge in [-0.05, 0) is 39.5 Å². The summed E-state index contributed by atoms with van der Waals surface area (Å²) in [5.74, 6) is 0. The first-order chi connectivity index (χ1) is 7.27.